The number of ether oxygens (including phenoxy) is 1. The van der Waals surface area contributed by atoms with Crippen molar-refractivity contribution in [3.05, 3.63) is 33.9 Å². The summed E-state index contributed by atoms with van der Waals surface area (Å²) in [6.07, 6.45) is 1.95. The molecule has 0 aromatic heterocycles. The van der Waals surface area contributed by atoms with Crippen LogP contribution >= 0.6 is 0 Å². The van der Waals surface area contributed by atoms with Crippen molar-refractivity contribution in [1.82, 2.24) is 4.90 Å². The quantitative estimate of drug-likeness (QED) is 0.560. The van der Waals surface area contributed by atoms with Gasteiger partial charge in [-0.3, -0.25) is 19.7 Å². The summed E-state index contributed by atoms with van der Waals surface area (Å²) in [5.41, 5.74) is 0.414. The zero-order valence-corrected chi connectivity index (χ0v) is 14.4. The van der Waals surface area contributed by atoms with Gasteiger partial charge in [-0.05, 0) is 31.4 Å². The molecule has 9 heteroatoms. The highest BCUT2D eigenvalue weighted by atomic mass is 16.6. The van der Waals surface area contributed by atoms with E-state index in [0.29, 0.717) is 12.1 Å². The summed E-state index contributed by atoms with van der Waals surface area (Å²) in [6.45, 7) is 0.267. The van der Waals surface area contributed by atoms with Crippen molar-refractivity contribution < 1.29 is 24.4 Å². The fraction of sp³-hybridized carbons (Fsp3) is 0.529. The molecule has 3 rings (SSSR count). The molecule has 0 bridgehead atoms. The van der Waals surface area contributed by atoms with Crippen LogP contribution in [-0.2, 0) is 9.53 Å². The van der Waals surface area contributed by atoms with Crippen LogP contribution in [-0.4, -0.2) is 58.6 Å². The summed E-state index contributed by atoms with van der Waals surface area (Å²) >= 11 is 0. The first kappa shape index (κ1) is 18.1. The third-order valence-corrected chi connectivity index (χ3v) is 4.76. The maximum absolute atomic E-state index is 12.9. The van der Waals surface area contributed by atoms with Crippen LogP contribution in [0.15, 0.2) is 18.2 Å². The van der Waals surface area contributed by atoms with Gasteiger partial charge in [0.2, 0.25) is 0 Å². The Bertz CT molecular complexity index is 733. The summed E-state index contributed by atoms with van der Waals surface area (Å²) in [6, 6.07) is 4.09. The van der Waals surface area contributed by atoms with Crippen molar-refractivity contribution in [2.45, 2.75) is 43.9 Å². The molecular weight excluding hydrogens is 342 g/mol. The molecule has 26 heavy (non-hydrogen) atoms. The lowest BCUT2D eigenvalue weighted by atomic mass is 10.1. The minimum absolute atomic E-state index is 0.153. The van der Waals surface area contributed by atoms with Crippen molar-refractivity contribution >= 4 is 23.3 Å². The molecule has 1 aromatic rings. The normalized spacial score (nSPS) is 22.3. The molecule has 1 aromatic carbocycles. The standard InChI is InChI=1S/C17H21N3O6/c1-26-13-7-12(8-16(21)22)19(9-13)17(23)10-2-5-14(18-11-3-4-11)15(6-10)20(24)25/h2,5-6,11-13,18H,3-4,7-9H2,1H3,(H,21,22). The van der Waals surface area contributed by atoms with Crippen LogP contribution in [0.5, 0.6) is 0 Å². The Hall–Kier alpha value is -2.68. The highest BCUT2D eigenvalue weighted by molar-refractivity contribution is 5.96. The maximum atomic E-state index is 12.9. The number of nitrogens with zero attached hydrogens (tertiary/aromatic N) is 2. The van der Waals surface area contributed by atoms with Crippen molar-refractivity contribution in [2.75, 3.05) is 19.0 Å². The number of nitro groups is 1. The van der Waals surface area contributed by atoms with Gasteiger partial charge in [0, 0.05) is 37.4 Å². The van der Waals surface area contributed by atoms with Crippen LogP contribution in [0.3, 0.4) is 0 Å². The van der Waals surface area contributed by atoms with Gasteiger partial charge in [0.05, 0.1) is 17.4 Å². The zero-order valence-electron chi connectivity index (χ0n) is 14.4. The number of benzene rings is 1. The Balaban J connectivity index is 1.84. The van der Waals surface area contributed by atoms with Gasteiger partial charge in [-0.15, -0.1) is 0 Å². The van der Waals surface area contributed by atoms with Crippen LogP contribution in [0, 0.1) is 10.1 Å². The molecule has 1 amide bonds. The molecule has 1 saturated heterocycles. The molecule has 1 heterocycles. The van der Waals surface area contributed by atoms with Crippen LogP contribution in [0.1, 0.15) is 36.0 Å². The lowest BCUT2D eigenvalue weighted by Crippen LogP contribution is -2.37. The van der Waals surface area contributed by atoms with E-state index in [2.05, 4.69) is 5.32 Å². The van der Waals surface area contributed by atoms with E-state index >= 15 is 0 Å². The van der Waals surface area contributed by atoms with Crippen LogP contribution in [0.25, 0.3) is 0 Å². The summed E-state index contributed by atoms with van der Waals surface area (Å²) in [5, 5.41) is 23.5. The molecule has 1 aliphatic heterocycles. The van der Waals surface area contributed by atoms with Crippen LogP contribution in [0.4, 0.5) is 11.4 Å². The SMILES string of the molecule is COC1CC(CC(=O)O)N(C(=O)c2ccc(NC3CC3)c([N+](=O)[O-])c2)C1. The third kappa shape index (κ3) is 3.93. The third-order valence-electron chi connectivity index (χ3n) is 4.76. The van der Waals surface area contributed by atoms with Gasteiger partial charge in [-0.2, -0.15) is 0 Å². The first-order valence-corrected chi connectivity index (χ1v) is 8.49. The average molecular weight is 363 g/mol. The second-order valence-corrected chi connectivity index (χ2v) is 6.71. The molecule has 9 nitrogen and oxygen atoms in total. The number of carbonyl (C=O) groups is 2. The summed E-state index contributed by atoms with van der Waals surface area (Å²) in [5.74, 6) is -1.42. The van der Waals surface area contributed by atoms with Crippen molar-refractivity contribution in [1.29, 1.82) is 0 Å². The number of likely N-dealkylation sites (tertiary alicyclic amines) is 1. The Morgan fingerprint density at radius 2 is 2.15 bits per heavy atom. The zero-order chi connectivity index (χ0) is 18.8. The number of methoxy groups -OCH3 is 1. The minimum Gasteiger partial charge on any atom is -0.481 e. The molecule has 140 valence electrons. The topological polar surface area (TPSA) is 122 Å². The smallest absolute Gasteiger partial charge is 0.305 e. The van der Waals surface area contributed by atoms with Crippen molar-refractivity contribution in [2.24, 2.45) is 0 Å². The summed E-state index contributed by atoms with van der Waals surface area (Å²) in [4.78, 5) is 36.2. The fourth-order valence-corrected chi connectivity index (χ4v) is 3.24. The molecule has 0 spiro atoms. The number of hydrogen-bond donors (Lipinski definition) is 2. The fourth-order valence-electron chi connectivity index (χ4n) is 3.24. The predicted molar refractivity (Wildman–Crippen MR) is 92.2 cm³/mol. The van der Waals surface area contributed by atoms with Gasteiger partial charge in [-0.25, -0.2) is 0 Å². The van der Waals surface area contributed by atoms with E-state index in [9.17, 15) is 19.7 Å². The van der Waals surface area contributed by atoms with E-state index < -0.39 is 22.8 Å². The summed E-state index contributed by atoms with van der Waals surface area (Å²) in [7, 11) is 1.51. The predicted octanol–water partition coefficient (Wildman–Crippen LogP) is 1.87. The minimum atomic E-state index is -1.00. The lowest BCUT2D eigenvalue weighted by Gasteiger charge is -2.23. The van der Waals surface area contributed by atoms with Crippen LogP contribution in [0.2, 0.25) is 0 Å². The highest BCUT2D eigenvalue weighted by Gasteiger charge is 2.37. The van der Waals surface area contributed by atoms with E-state index in [-0.39, 0.29) is 36.4 Å². The van der Waals surface area contributed by atoms with E-state index in [0.717, 1.165) is 12.8 Å². The average Bonchev–Trinajstić information content (AvgIpc) is 3.32. The number of carboxylic acid groups (broad SMARTS) is 1. The van der Waals surface area contributed by atoms with Gasteiger partial charge in [0.15, 0.2) is 0 Å². The number of nitro benzene ring substituents is 1. The van der Waals surface area contributed by atoms with Gasteiger partial charge < -0.3 is 20.1 Å². The highest BCUT2D eigenvalue weighted by Crippen LogP contribution is 2.33. The van der Waals surface area contributed by atoms with E-state index in [4.69, 9.17) is 9.84 Å². The molecule has 2 N–H and O–H groups in total. The van der Waals surface area contributed by atoms with E-state index in [1.807, 2.05) is 0 Å². The molecule has 2 unspecified atom stereocenters. The molecule has 2 aliphatic rings. The second kappa shape index (κ2) is 7.28. The number of nitrogens with one attached hydrogen (secondary N) is 1. The van der Waals surface area contributed by atoms with Gasteiger partial charge in [-0.1, -0.05) is 0 Å². The van der Waals surface area contributed by atoms with Gasteiger partial charge in [0.25, 0.3) is 11.6 Å². The number of anilines is 1. The Morgan fingerprint density at radius 1 is 1.42 bits per heavy atom. The molecule has 1 aliphatic carbocycles. The van der Waals surface area contributed by atoms with Gasteiger partial charge >= 0.3 is 5.97 Å². The number of hydrogen-bond acceptors (Lipinski definition) is 6. The Morgan fingerprint density at radius 3 is 2.73 bits per heavy atom. The lowest BCUT2D eigenvalue weighted by molar-refractivity contribution is -0.384. The first-order chi connectivity index (χ1) is 12.4. The Kier molecular flexibility index (Phi) is 5.08. The monoisotopic (exact) mass is 363 g/mol. The Labute approximate surface area is 150 Å². The van der Waals surface area contributed by atoms with E-state index in [1.54, 1.807) is 6.07 Å². The molecule has 2 fully saturated rings. The van der Waals surface area contributed by atoms with Gasteiger partial charge in [0.1, 0.15) is 5.69 Å². The maximum Gasteiger partial charge on any atom is 0.305 e. The molecule has 2 atom stereocenters. The van der Waals surface area contributed by atoms with Crippen LogP contribution < -0.4 is 5.32 Å². The van der Waals surface area contributed by atoms with E-state index in [1.165, 1.54) is 24.1 Å². The number of amides is 1. The largest absolute Gasteiger partial charge is 0.481 e. The summed E-state index contributed by atoms with van der Waals surface area (Å²) < 4.78 is 5.27. The molecule has 1 saturated carbocycles. The number of aliphatic carboxylic acids is 1. The van der Waals surface area contributed by atoms with Crippen molar-refractivity contribution in [3.8, 4) is 0 Å². The number of carboxylic acids is 1. The number of carbonyl (C=O) groups excluding carboxylic acids is 1. The van der Waals surface area contributed by atoms with Crippen molar-refractivity contribution in [3.63, 3.8) is 0 Å². The first-order valence-electron chi connectivity index (χ1n) is 8.49. The second-order valence-electron chi connectivity index (χ2n) is 6.71. The molecular formula is C17H21N3O6. The number of rotatable bonds is 7. The molecule has 0 radical (unpaired) electrons.